The van der Waals surface area contributed by atoms with Gasteiger partial charge in [0.05, 0.1) is 19.2 Å². The lowest BCUT2D eigenvalue weighted by molar-refractivity contribution is -0.139. The number of hydrogen-bond acceptors (Lipinski definition) is 4. The molecule has 0 atom stereocenters. The van der Waals surface area contributed by atoms with Crippen LogP contribution in [0.4, 0.5) is 4.39 Å². The summed E-state index contributed by atoms with van der Waals surface area (Å²) in [4.78, 5) is 21.5. The van der Waals surface area contributed by atoms with Crippen LogP contribution in [0, 0.1) is 5.82 Å². The lowest BCUT2D eigenvalue weighted by Gasteiger charge is -2.06. The summed E-state index contributed by atoms with van der Waals surface area (Å²) < 4.78 is 17.7. The van der Waals surface area contributed by atoms with Gasteiger partial charge in [0.15, 0.2) is 0 Å². The predicted molar refractivity (Wildman–Crippen MR) is 57.1 cm³/mol. The van der Waals surface area contributed by atoms with Crippen molar-refractivity contribution in [3.05, 3.63) is 35.1 Å². The lowest BCUT2D eigenvalue weighted by atomic mass is 10.1. The van der Waals surface area contributed by atoms with E-state index in [1.165, 1.54) is 19.2 Å². The van der Waals surface area contributed by atoms with Gasteiger partial charge < -0.3 is 15.2 Å². The van der Waals surface area contributed by atoms with Crippen LogP contribution in [-0.4, -0.2) is 30.7 Å². The van der Waals surface area contributed by atoms with Gasteiger partial charge >= 0.3 is 11.9 Å². The SMILES string of the molecule is COC(=O)CNCc1cc(C(=O)O)ccc1F. The molecular formula is C11H12FNO4. The molecule has 0 saturated heterocycles. The molecule has 0 aliphatic rings. The number of esters is 1. The van der Waals surface area contributed by atoms with Crippen LogP contribution < -0.4 is 5.32 Å². The van der Waals surface area contributed by atoms with Crippen molar-refractivity contribution in [3.8, 4) is 0 Å². The third kappa shape index (κ3) is 3.84. The van der Waals surface area contributed by atoms with Crippen molar-refractivity contribution < 1.29 is 23.8 Å². The molecule has 6 heteroatoms. The highest BCUT2D eigenvalue weighted by Gasteiger charge is 2.08. The van der Waals surface area contributed by atoms with E-state index < -0.39 is 17.8 Å². The number of hydrogen-bond donors (Lipinski definition) is 2. The van der Waals surface area contributed by atoms with Gasteiger partial charge in [-0.2, -0.15) is 0 Å². The van der Waals surface area contributed by atoms with E-state index in [1.54, 1.807) is 0 Å². The minimum Gasteiger partial charge on any atom is -0.478 e. The van der Waals surface area contributed by atoms with Gasteiger partial charge in [-0.05, 0) is 18.2 Å². The third-order valence-electron chi connectivity index (χ3n) is 2.11. The third-order valence-corrected chi connectivity index (χ3v) is 2.11. The number of methoxy groups -OCH3 is 1. The number of carbonyl (C=O) groups is 2. The van der Waals surface area contributed by atoms with Gasteiger partial charge in [-0.25, -0.2) is 9.18 Å². The fourth-order valence-electron chi connectivity index (χ4n) is 1.21. The molecule has 5 nitrogen and oxygen atoms in total. The Morgan fingerprint density at radius 3 is 2.76 bits per heavy atom. The standard InChI is InChI=1S/C11H12FNO4/c1-17-10(14)6-13-5-8-4-7(11(15)16)2-3-9(8)12/h2-4,13H,5-6H2,1H3,(H,15,16). The highest BCUT2D eigenvalue weighted by Crippen LogP contribution is 2.10. The van der Waals surface area contributed by atoms with E-state index in [0.29, 0.717) is 0 Å². The Morgan fingerprint density at radius 2 is 2.18 bits per heavy atom. The summed E-state index contributed by atoms with van der Waals surface area (Å²) in [5, 5.41) is 11.4. The molecule has 0 saturated carbocycles. The molecule has 1 aromatic rings. The van der Waals surface area contributed by atoms with Crippen molar-refractivity contribution in [2.24, 2.45) is 0 Å². The predicted octanol–water partition coefficient (Wildman–Crippen LogP) is 0.786. The minimum atomic E-state index is -1.13. The second kappa shape index (κ2) is 5.95. The van der Waals surface area contributed by atoms with Crippen LogP contribution in [0.1, 0.15) is 15.9 Å². The van der Waals surface area contributed by atoms with E-state index in [-0.39, 0.29) is 24.2 Å². The Labute approximate surface area is 97.2 Å². The molecule has 0 amide bonds. The number of carbonyl (C=O) groups excluding carboxylic acids is 1. The molecule has 0 spiro atoms. The van der Waals surface area contributed by atoms with Crippen LogP contribution in [-0.2, 0) is 16.1 Å². The average molecular weight is 241 g/mol. The summed E-state index contributed by atoms with van der Waals surface area (Å²) in [5.74, 6) is -2.12. The number of nitrogens with one attached hydrogen (secondary N) is 1. The monoisotopic (exact) mass is 241 g/mol. The number of rotatable bonds is 5. The smallest absolute Gasteiger partial charge is 0.335 e. The van der Waals surface area contributed by atoms with Crippen molar-refractivity contribution >= 4 is 11.9 Å². The second-order valence-corrected chi connectivity index (χ2v) is 3.29. The molecule has 92 valence electrons. The molecule has 0 aliphatic carbocycles. The highest BCUT2D eigenvalue weighted by molar-refractivity contribution is 5.87. The van der Waals surface area contributed by atoms with Crippen molar-refractivity contribution in [1.29, 1.82) is 0 Å². The topological polar surface area (TPSA) is 75.6 Å². The summed E-state index contributed by atoms with van der Waals surface area (Å²) >= 11 is 0. The van der Waals surface area contributed by atoms with E-state index in [0.717, 1.165) is 6.07 Å². The number of halogens is 1. The quantitative estimate of drug-likeness (QED) is 0.745. The zero-order valence-electron chi connectivity index (χ0n) is 9.20. The Kier molecular flexibility index (Phi) is 4.59. The van der Waals surface area contributed by atoms with Crippen molar-refractivity contribution in [3.63, 3.8) is 0 Å². The molecule has 0 radical (unpaired) electrons. The first kappa shape index (κ1) is 13.1. The maximum absolute atomic E-state index is 13.3. The van der Waals surface area contributed by atoms with E-state index in [2.05, 4.69) is 10.1 Å². The summed E-state index contributed by atoms with van der Waals surface area (Å²) in [6.07, 6.45) is 0. The van der Waals surface area contributed by atoms with Crippen LogP contribution in [0.15, 0.2) is 18.2 Å². The van der Waals surface area contributed by atoms with Crippen molar-refractivity contribution in [2.75, 3.05) is 13.7 Å². The molecule has 17 heavy (non-hydrogen) atoms. The van der Waals surface area contributed by atoms with Crippen LogP contribution in [0.3, 0.4) is 0 Å². The number of carboxylic acids is 1. The molecule has 2 N–H and O–H groups in total. The molecular weight excluding hydrogens is 229 g/mol. The highest BCUT2D eigenvalue weighted by atomic mass is 19.1. The van der Waals surface area contributed by atoms with Gasteiger partial charge in [-0.15, -0.1) is 0 Å². The van der Waals surface area contributed by atoms with E-state index in [9.17, 15) is 14.0 Å². The number of carboxylic acid groups (broad SMARTS) is 1. The largest absolute Gasteiger partial charge is 0.478 e. The number of aromatic carboxylic acids is 1. The summed E-state index contributed by atoms with van der Waals surface area (Å²) in [5.41, 5.74) is 0.190. The first-order valence-corrected chi connectivity index (χ1v) is 4.84. The Bertz CT molecular complexity index is 433. The van der Waals surface area contributed by atoms with Crippen LogP contribution in [0.25, 0.3) is 0 Å². The maximum atomic E-state index is 13.3. The maximum Gasteiger partial charge on any atom is 0.335 e. The van der Waals surface area contributed by atoms with Crippen LogP contribution in [0.5, 0.6) is 0 Å². The molecule has 0 heterocycles. The Balaban J connectivity index is 2.66. The van der Waals surface area contributed by atoms with Gasteiger partial charge in [0.1, 0.15) is 5.82 Å². The van der Waals surface area contributed by atoms with Gasteiger partial charge in [-0.1, -0.05) is 0 Å². The Morgan fingerprint density at radius 1 is 1.47 bits per heavy atom. The molecule has 0 fully saturated rings. The molecule has 0 unspecified atom stereocenters. The lowest BCUT2D eigenvalue weighted by Crippen LogP contribution is -2.24. The molecule has 0 aromatic heterocycles. The van der Waals surface area contributed by atoms with E-state index in [4.69, 9.17) is 5.11 Å². The summed E-state index contributed by atoms with van der Waals surface area (Å²) in [6.45, 7) is -0.00467. The van der Waals surface area contributed by atoms with E-state index >= 15 is 0 Å². The Hall–Kier alpha value is -1.95. The molecule has 1 aromatic carbocycles. The van der Waals surface area contributed by atoms with Gasteiger partial charge in [0.25, 0.3) is 0 Å². The minimum absolute atomic E-state index is 0.00117. The fourth-order valence-corrected chi connectivity index (χ4v) is 1.21. The molecule has 0 bridgehead atoms. The van der Waals surface area contributed by atoms with Crippen molar-refractivity contribution in [2.45, 2.75) is 6.54 Å². The second-order valence-electron chi connectivity index (χ2n) is 3.29. The number of ether oxygens (including phenoxy) is 1. The van der Waals surface area contributed by atoms with E-state index in [1.807, 2.05) is 0 Å². The van der Waals surface area contributed by atoms with Crippen LogP contribution in [0.2, 0.25) is 0 Å². The van der Waals surface area contributed by atoms with Gasteiger partial charge in [0.2, 0.25) is 0 Å². The van der Waals surface area contributed by atoms with Gasteiger partial charge in [-0.3, -0.25) is 4.79 Å². The normalized spacial score (nSPS) is 10.0. The first-order chi connectivity index (χ1) is 8.04. The number of benzene rings is 1. The molecule has 0 aliphatic heterocycles. The zero-order chi connectivity index (χ0) is 12.8. The fraction of sp³-hybridized carbons (Fsp3) is 0.273. The summed E-state index contributed by atoms with van der Waals surface area (Å²) in [7, 11) is 1.25. The van der Waals surface area contributed by atoms with Gasteiger partial charge in [0, 0.05) is 12.1 Å². The van der Waals surface area contributed by atoms with Crippen LogP contribution >= 0.6 is 0 Å². The zero-order valence-corrected chi connectivity index (χ0v) is 9.20. The van der Waals surface area contributed by atoms with Crippen molar-refractivity contribution in [1.82, 2.24) is 5.32 Å². The molecule has 1 rings (SSSR count). The summed E-state index contributed by atoms with van der Waals surface area (Å²) in [6, 6.07) is 3.49. The first-order valence-electron chi connectivity index (χ1n) is 4.84. The average Bonchev–Trinajstić information content (AvgIpc) is 2.30.